The minimum Gasteiger partial charge on any atom is -0.326 e. The summed E-state index contributed by atoms with van der Waals surface area (Å²) in [6.07, 6.45) is 3.17. The van der Waals surface area contributed by atoms with Crippen molar-refractivity contribution in [2.45, 2.75) is 20.0 Å². The fourth-order valence-corrected chi connectivity index (χ4v) is 4.27. The Labute approximate surface area is 204 Å². The lowest BCUT2D eigenvalue weighted by atomic mass is 9.99. The molecule has 2 aromatic heterocycles. The van der Waals surface area contributed by atoms with Gasteiger partial charge < -0.3 is 10.6 Å². The van der Waals surface area contributed by atoms with Crippen LogP contribution in [0.25, 0.3) is 33.7 Å². The summed E-state index contributed by atoms with van der Waals surface area (Å²) in [6, 6.07) is 24.2. The van der Waals surface area contributed by atoms with Crippen molar-refractivity contribution in [2.75, 3.05) is 13.6 Å². The van der Waals surface area contributed by atoms with E-state index in [1.807, 2.05) is 36.4 Å². The van der Waals surface area contributed by atoms with Crippen LogP contribution in [0, 0.1) is 0 Å². The van der Waals surface area contributed by atoms with Crippen molar-refractivity contribution in [2.24, 2.45) is 5.73 Å². The minimum absolute atomic E-state index is 0.177. The largest absolute Gasteiger partial charge is 0.326 e. The Morgan fingerprint density at radius 1 is 0.886 bits per heavy atom. The first-order chi connectivity index (χ1) is 17.1. The Kier molecular flexibility index (Phi) is 6.27. The second-order valence-corrected chi connectivity index (χ2v) is 8.61. The van der Waals surface area contributed by atoms with E-state index < -0.39 is 0 Å². The van der Waals surface area contributed by atoms with Gasteiger partial charge in [0.1, 0.15) is 12.7 Å². The summed E-state index contributed by atoms with van der Waals surface area (Å²) in [7, 11) is 2.12. The zero-order valence-electron chi connectivity index (χ0n) is 19.9. The molecule has 3 aromatic carbocycles. The van der Waals surface area contributed by atoms with Crippen molar-refractivity contribution in [3.63, 3.8) is 0 Å². The van der Waals surface area contributed by atoms with Gasteiger partial charge in [-0.2, -0.15) is 0 Å². The monoisotopic (exact) mass is 464 g/mol. The summed E-state index contributed by atoms with van der Waals surface area (Å²) in [5.41, 5.74) is 12.6. The van der Waals surface area contributed by atoms with Gasteiger partial charge in [-0.3, -0.25) is 13.9 Å². The van der Waals surface area contributed by atoms with Gasteiger partial charge >= 0.3 is 0 Å². The lowest BCUT2D eigenvalue weighted by Crippen LogP contribution is -2.20. The molecule has 176 valence electrons. The maximum Gasteiger partial charge on any atom is 0.284 e. The van der Waals surface area contributed by atoms with E-state index in [2.05, 4.69) is 65.2 Å². The number of imidazole rings is 1. The molecule has 0 aliphatic carbocycles. The highest BCUT2D eigenvalue weighted by Gasteiger charge is 2.14. The van der Waals surface area contributed by atoms with Crippen molar-refractivity contribution in [3.05, 3.63) is 107 Å². The number of nitrogens with zero attached hydrogens (tertiary/aromatic N) is 5. The molecule has 0 saturated heterocycles. The van der Waals surface area contributed by atoms with Gasteiger partial charge in [-0.25, -0.2) is 9.97 Å². The quantitative estimate of drug-likeness (QED) is 0.391. The summed E-state index contributed by atoms with van der Waals surface area (Å²) in [4.78, 5) is 24.6. The lowest BCUT2D eigenvalue weighted by molar-refractivity contribution is 0.346. The molecule has 7 nitrogen and oxygen atoms in total. The smallest absolute Gasteiger partial charge is 0.284 e. The van der Waals surface area contributed by atoms with Gasteiger partial charge in [0.25, 0.3) is 5.56 Å². The molecule has 0 atom stereocenters. The van der Waals surface area contributed by atoms with Crippen molar-refractivity contribution in [1.29, 1.82) is 0 Å². The Morgan fingerprint density at radius 3 is 2.37 bits per heavy atom. The molecule has 2 heterocycles. The van der Waals surface area contributed by atoms with E-state index in [1.54, 1.807) is 15.5 Å². The third-order valence-corrected chi connectivity index (χ3v) is 6.34. The molecule has 5 aromatic rings. The second kappa shape index (κ2) is 9.66. The molecule has 7 heteroatoms. The zero-order valence-corrected chi connectivity index (χ0v) is 19.9. The summed E-state index contributed by atoms with van der Waals surface area (Å²) in [6.45, 7) is 4.44. The van der Waals surface area contributed by atoms with E-state index in [-0.39, 0.29) is 5.56 Å². The SMILES string of the molecule is CCN(C)Cc1ccccc1-c1ccc(-n2cnc3ncn(-c4cccc(CN)c4)c3c2=O)cc1. The van der Waals surface area contributed by atoms with E-state index in [0.717, 1.165) is 35.6 Å². The highest BCUT2D eigenvalue weighted by Crippen LogP contribution is 2.26. The average Bonchev–Trinajstić information content (AvgIpc) is 3.34. The molecule has 2 N–H and O–H groups in total. The predicted molar refractivity (Wildman–Crippen MR) is 140 cm³/mol. The van der Waals surface area contributed by atoms with Crippen LogP contribution >= 0.6 is 0 Å². The predicted octanol–water partition coefficient (Wildman–Crippen LogP) is 4.15. The average molecular weight is 465 g/mol. The van der Waals surface area contributed by atoms with Gasteiger partial charge in [0.05, 0.1) is 5.69 Å². The maximum absolute atomic E-state index is 13.5. The molecule has 35 heavy (non-hydrogen) atoms. The van der Waals surface area contributed by atoms with Crippen LogP contribution in [0.3, 0.4) is 0 Å². The highest BCUT2D eigenvalue weighted by molar-refractivity contribution is 5.73. The third kappa shape index (κ3) is 4.39. The summed E-state index contributed by atoms with van der Waals surface area (Å²) in [5.74, 6) is 0. The van der Waals surface area contributed by atoms with Crippen LogP contribution in [0.1, 0.15) is 18.1 Å². The van der Waals surface area contributed by atoms with Crippen molar-refractivity contribution in [3.8, 4) is 22.5 Å². The fraction of sp³-hybridized carbons (Fsp3) is 0.179. The molecule has 0 bridgehead atoms. The first-order valence-corrected chi connectivity index (χ1v) is 11.7. The second-order valence-electron chi connectivity index (χ2n) is 8.61. The molecule has 0 radical (unpaired) electrons. The lowest BCUT2D eigenvalue weighted by Gasteiger charge is -2.17. The topological polar surface area (TPSA) is 82.0 Å². The van der Waals surface area contributed by atoms with Crippen LogP contribution in [0.4, 0.5) is 0 Å². The number of nitrogens with two attached hydrogens (primary N) is 1. The van der Waals surface area contributed by atoms with E-state index in [4.69, 9.17) is 5.73 Å². The molecular weight excluding hydrogens is 436 g/mol. The molecule has 0 fully saturated rings. The summed E-state index contributed by atoms with van der Waals surface area (Å²) in [5, 5.41) is 0. The Bertz CT molecular complexity index is 1530. The van der Waals surface area contributed by atoms with Gasteiger partial charge in [0.15, 0.2) is 11.2 Å². The number of rotatable bonds is 7. The number of hydrogen-bond donors (Lipinski definition) is 1. The molecule has 0 aliphatic rings. The molecule has 0 unspecified atom stereocenters. The Morgan fingerprint density at radius 2 is 1.63 bits per heavy atom. The third-order valence-electron chi connectivity index (χ3n) is 6.34. The number of benzene rings is 3. The maximum atomic E-state index is 13.5. The van der Waals surface area contributed by atoms with E-state index in [1.165, 1.54) is 17.5 Å². The van der Waals surface area contributed by atoms with Crippen LogP contribution < -0.4 is 11.3 Å². The van der Waals surface area contributed by atoms with E-state index in [9.17, 15) is 4.79 Å². The Balaban J connectivity index is 1.54. The van der Waals surface area contributed by atoms with Gasteiger partial charge in [-0.15, -0.1) is 0 Å². The van der Waals surface area contributed by atoms with Gasteiger partial charge in [-0.1, -0.05) is 55.5 Å². The first kappa shape index (κ1) is 22.7. The van der Waals surface area contributed by atoms with Crippen LogP contribution in [0.2, 0.25) is 0 Å². The minimum atomic E-state index is -0.177. The molecule has 0 amide bonds. The van der Waals surface area contributed by atoms with Crippen LogP contribution in [-0.4, -0.2) is 37.6 Å². The Hall–Kier alpha value is -4.07. The number of aromatic nitrogens is 4. The summed E-state index contributed by atoms with van der Waals surface area (Å²) >= 11 is 0. The number of hydrogen-bond acceptors (Lipinski definition) is 5. The van der Waals surface area contributed by atoms with Gasteiger partial charge in [0.2, 0.25) is 0 Å². The van der Waals surface area contributed by atoms with Gasteiger partial charge in [0, 0.05) is 18.8 Å². The zero-order chi connectivity index (χ0) is 24.4. The molecule has 0 spiro atoms. The molecule has 5 rings (SSSR count). The van der Waals surface area contributed by atoms with Crippen molar-refractivity contribution >= 4 is 11.2 Å². The molecular formula is C28H28N6O. The van der Waals surface area contributed by atoms with Crippen molar-refractivity contribution < 1.29 is 0 Å². The molecule has 0 aliphatic heterocycles. The molecule has 0 saturated carbocycles. The van der Waals surface area contributed by atoms with E-state index in [0.29, 0.717) is 17.7 Å². The standard InChI is InChI=1S/C28H28N6O/c1-3-32(2)17-22-8-4-5-10-25(22)21-11-13-23(14-12-21)34-19-31-27-26(28(34)35)33(18-30-27)24-9-6-7-20(15-24)16-29/h4-15,18-19H,3,16-17,29H2,1-2H3. The van der Waals surface area contributed by atoms with Crippen molar-refractivity contribution in [1.82, 2.24) is 24.0 Å². The van der Waals surface area contributed by atoms with Crippen LogP contribution in [-0.2, 0) is 13.1 Å². The van der Waals surface area contributed by atoms with Crippen LogP contribution in [0.5, 0.6) is 0 Å². The summed E-state index contributed by atoms with van der Waals surface area (Å²) < 4.78 is 3.34. The number of fused-ring (bicyclic) bond motifs is 1. The van der Waals surface area contributed by atoms with E-state index >= 15 is 0 Å². The normalized spacial score (nSPS) is 11.4. The van der Waals surface area contributed by atoms with Gasteiger partial charge in [-0.05, 0) is 60.1 Å². The highest BCUT2D eigenvalue weighted by atomic mass is 16.1. The van der Waals surface area contributed by atoms with Crippen LogP contribution in [0.15, 0.2) is 90.2 Å². The first-order valence-electron chi connectivity index (χ1n) is 11.7. The fourth-order valence-electron chi connectivity index (χ4n) is 4.27.